The molecular weight excluding hydrogens is 337 g/mol. The van der Waals surface area contributed by atoms with Gasteiger partial charge in [0.25, 0.3) is 5.91 Å². The zero-order chi connectivity index (χ0) is 18.0. The van der Waals surface area contributed by atoms with Crippen LogP contribution in [0.2, 0.25) is 0 Å². The second-order valence-corrected chi connectivity index (χ2v) is 5.74. The molecule has 2 N–H and O–H groups in total. The Morgan fingerprint density at radius 1 is 1.32 bits per heavy atom. The number of carbonyl (C=O) groups excluding carboxylic acids is 1. The topological polar surface area (TPSA) is 84.7 Å². The Kier molecular flexibility index (Phi) is 4.60. The van der Waals surface area contributed by atoms with E-state index in [1.54, 1.807) is 13.1 Å². The second-order valence-electron chi connectivity index (χ2n) is 5.74. The number of carbonyl (C=O) groups is 1. The molecular formula is C15H17F3N6O. The number of anilines is 1. The van der Waals surface area contributed by atoms with Crippen LogP contribution in [0.4, 0.5) is 19.0 Å². The van der Waals surface area contributed by atoms with Crippen LogP contribution in [0.1, 0.15) is 53.8 Å². The Labute approximate surface area is 141 Å². The largest absolute Gasteiger partial charge is 0.435 e. The fourth-order valence-electron chi connectivity index (χ4n) is 2.57. The zero-order valence-corrected chi connectivity index (χ0v) is 13.5. The Morgan fingerprint density at radius 2 is 2.04 bits per heavy atom. The van der Waals surface area contributed by atoms with Gasteiger partial charge < -0.3 is 0 Å². The van der Waals surface area contributed by atoms with E-state index in [0.29, 0.717) is 11.5 Å². The van der Waals surface area contributed by atoms with Crippen molar-refractivity contribution in [3.8, 4) is 0 Å². The zero-order valence-electron chi connectivity index (χ0n) is 13.5. The van der Waals surface area contributed by atoms with E-state index in [0.717, 1.165) is 30.1 Å². The van der Waals surface area contributed by atoms with Crippen LogP contribution in [0.5, 0.6) is 0 Å². The van der Waals surface area contributed by atoms with Gasteiger partial charge in [-0.2, -0.15) is 18.3 Å². The molecule has 0 unspecified atom stereocenters. The Balaban J connectivity index is 1.77. The van der Waals surface area contributed by atoms with Crippen molar-refractivity contribution in [1.82, 2.24) is 25.2 Å². The summed E-state index contributed by atoms with van der Waals surface area (Å²) < 4.78 is 40.2. The highest BCUT2D eigenvalue weighted by Gasteiger charge is 2.39. The first kappa shape index (κ1) is 17.2. The van der Waals surface area contributed by atoms with E-state index in [4.69, 9.17) is 0 Å². The summed E-state index contributed by atoms with van der Waals surface area (Å²) in [5.41, 5.74) is 3.79. The normalized spacial score (nSPS) is 14.9. The monoisotopic (exact) mass is 354 g/mol. The summed E-state index contributed by atoms with van der Waals surface area (Å²) >= 11 is 0. The van der Waals surface area contributed by atoms with Crippen molar-refractivity contribution in [2.75, 3.05) is 5.43 Å². The molecule has 0 bridgehead atoms. The van der Waals surface area contributed by atoms with E-state index in [9.17, 15) is 18.0 Å². The number of rotatable bonds is 5. The lowest BCUT2D eigenvalue weighted by Crippen LogP contribution is -2.32. The molecule has 0 spiro atoms. The van der Waals surface area contributed by atoms with Gasteiger partial charge in [0.1, 0.15) is 0 Å². The fourth-order valence-corrected chi connectivity index (χ4v) is 2.57. The lowest BCUT2D eigenvalue weighted by atomic mass is 9.83. The van der Waals surface area contributed by atoms with E-state index in [-0.39, 0.29) is 12.5 Å². The van der Waals surface area contributed by atoms with Gasteiger partial charge in [-0.05, 0) is 19.8 Å². The van der Waals surface area contributed by atoms with E-state index < -0.39 is 23.3 Å². The predicted octanol–water partition coefficient (Wildman–Crippen LogP) is 2.74. The van der Waals surface area contributed by atoms with Gasteiger partial charge in [0.05, 0.1) is 11.3 Å². The summed E-state index contributed by atoms with van der Waals surface area (Å²) in [5.74, 6) is -0.337. The molecule has 1 saturated carbocycles. The first-order valence-electron chi connectivity index (χ1n) is 7.92. The standard InChI is InChI=1S/C15H17F3N6O/c1-2-24-8-10(12(23-24)15(16,17)18)14(25)22-21-13-11(9-4-3-5-9)19-6-7-20-13/h6-9H,2-5H2,1H3,(H,20,21)(H,22,25). The summed E-state index contributed by atoms with van der Waals surface area (Å²) in [5, 5.41) is 3.42. The quantitative estimate of drug-likeness (QED) is 0.807. The molecule has 25 heavy (non-hydrogen) atoms. The number of aryl methyl sites for hydroxylation is 1. The van der Waals surface area contributed by atoms with Crippen LogP contribution in [-0.2, 0) is 12.7 Å². The third kappa shape index (κ3) is 3.57. The van der Waals surface area contributed by atoms with Crippen molar-refractivity contribution in [3.05, 3.63) is 35.5 Å². The molecule has 3 rings (SSSR count). The lowest BCUT2D eigenvalue weighted by molar-refractivity contribution is -0.141. The first-order chi connectivity index (χ1) is 11.9. The average Bonchev–Trinajstić information content (AvgIpc) is 2.97. The van der Waals surface area contributed by atoms with Crippen LogP contribution in [0.15, 0.2) is 18.6 Å². The Morgan fingerprint density at radius 3 is 2.64 bits per heavy atom. The smallest absolute Gasteiger partial charge is 0.280 e. The van der Waals surface area contributed by atoms with Crippen LogP contribution < -0.4 is 10.9 Å². The third-order valence-electron chi connectivity index (χ3n) is 4.11. The Hall–Kier alpha value is -2.65. The molecule has 2 aromatic rings. The maximum atomic E-state index is 13.0. The van der Waals surface area contributed by atoms with Crippen LogP contribution in [-0.4, -0.2) is 25.7 Å². The summed E-state index contributed by atoms with van der Waals surface area (Å²) in [6.07, 6.45) is 2.41. The molecule has 134 valence electrons. The average molecular weight is 354 g/mol. The van der Waals surface area contributed by atoms with Gasteiger partial charge in [-0.3, -0.25) is 25.3 Å². The van der Waals surface area contributed by atoms with Gasteiger partial charge in [-0.1, -0.05) is 6.42 Å². The van der Waals surface area contributed by atoms with Crippen LogP contribution in [0.25, 0.3) is 0 Å². The van der Waals surface area contributed by atoms with E-state index >= 15 is 0 Å². The number of alkyl halides is 3. The molecule has 1 aliphatic rings. The van der Waals surface area contributed by atoms with Crippen molar-refractivity contribution in [1.29, 1.82) is 0 Å². The molecule has 1 amide bonds. The van der Waals surface area contributed by atoms with Gasteiger partial charge in [0.15, 0.2) is 11.5 Å². The molecule has 1 fully saturated rings. The SMILES string of the molecule is CCn1cc(C(=O)NNc2nccnc2C2CCC2)c(C(F)(F)F)n1. The number of hydrogen-bond donors (Lipinski definition) is 2. The summed E-state index contributed by atoms with van der Waals surface area (Å²) in [4.78, 5) is 20.6. The van der Waals surface area contributed by atoms with E-state index in [1.165, 1.54) is 6.20 Å². The highest BCUT2D eigenvalue weighted by atomic mass is 19.4. The van der Waals surface area contributed by atoms with Gasteiger partial charge in [0, 0.05) is 31.1 Å². The molecule has 0 aliphatic heterocycles. The summed E-state index contributed by atoms with van der Waals surface area (Å²) in [7, 11) is 0. The molecule has 1 aliphatic carbocycles. The lowest BCUT2D eigenvalue weighted by Gasteiger charge is -2.26. The van der Waals surface area contributed by atoms with Crippen molar-refractivity contribution < 1.29 is 18.0 Å². The number of nitrogens with one attached hydrogen (secondary N) is 2. The minimum Gasteiger partial charge on any atom is -0.280 e. The molecule has 7 nitrogen and oxygen atoms in total. The van der Waals surface area contributed by atoms with Crippen molar-refractivity contribution in [2.45, 2.75) is 44.8 Å². The molecule has 0 radical (unpaired) electrons. The number of nitrogens with zero attached hydrogens (tertiary/aromatic N) is 4. The maximum absolute atomic E-state index is 13.0. The Bertz CT molecular complexity index is 769. The minimum atomic E-state index is -4.71. The predicted molar refractivity (Wildman–Crippen MR) is 82.6 cm³/mol. The summed E-state index contributed by atoms with van der Waals surface area (Å²) in [6.45, 7) is 1.86. The van der Waals surface area contributed by atoms with E-state index in [2.05, 4.69) is 25.9 Å². The number of aromatic nitrogens is 4. The molecule has 0 atom stereocenters. The van der Waals surface area contributed by atoms with Gasteiger partial charge in [0.2, 0.25) is 0 Å². The number of amides is 1. The number of halogens is 3. The van der Waals surface area contributed by atoms with Gasteiger partial charge in [-0.25, -0.2) is 4.98 Å². The number of hydrazine groups is 1. The highest BCUT2D eigenvalue weighted by molar-refractivity contribution is 5.95. The van der Waals surface area contributed by atoms with Crippen LogP contribution in [0.3, 0.4) is 0 Å². The molecule has 0 saturated heterocycles. The highest BCUT2D eigenvalue weighted by Crippen LogP contribution is 2.37. The van der Waals surface area contributed by atoms with E-state index in [1.807, 2.05) is 0 Å². The third-order valence-corrected chi connectivity index (χ3v) is 4.11. The fraction of sp³-hybridized carbons (Fsp3) is 0.467. The van der Waals surface area contributed by atoms with Crippen molar-refractivity contribution in [2.24, 2.45) is 0 Å². The second kappa shape index (κ2) is 6.69. The van der Waals surface area contributed by atoms with Gasteiger partial charge in [-0.15, -0.1) is 0 Å². The number of hydrogen-bond acceptors (Lipinski definition) is 5. The molecule has 0 aromatic carbocycles. The summed E-state index contributed by atoms with van der Waals surface area (Å²) in [6, 6.07) is 0. The molecule has 10 heteroatoms. The first-order valence-corrected chi connectivity index (χ1v) is 7.92. The van der Waals surface area contributed by atoms with Crippen LogP contribution in [0, 0.1) is 0 Å². The molecule has 2 heterocycles. The van der Waals surface area contributed by atoms with Crippen LogP contribution >= 0.6 is 0 Å². The van der Waals surface area contributed by atoms with Crippen molar-refractivity contribution in [3.63, 3.8) is 0 Å². The van der Waals surface area contributed by atoms with Crippen molar-refractivity contribution >= 4 is 11.7 Å². The maximum Gasteiger partial charge on any atom is 0.435 e. The minimum absolute atomic E-state index is 0.222. The molecule has 2 aromatic heterocycles. The van der Waals surface area contributed by atoms with Gasteiger partial charge >= 0.3 is 6.18 Å².